The Hall–Kier alpha value is -2.97. The highest BCUT2D eigenvalue weighted by atomic mass is 19.1. The van der Waals surface area contributed by atoms with Crippen LogP contribution in [-0.2, 0) is 4.79 Å². The summed E-state index contributed by atoms with van der Waals surface area (Å²) < 4.78 is 19.5. The molecule has 2 saturated heterocycles. The van der Waals surface area contributed by atoms with Gasteiger partial charge in [-0.05, 0) is 74.7 Å². The third-order valence-electron chi connectivity index (χ3n) is 7.30. The molecule has 34 heavy (non-hydrogen) atoms. The number of nitrogens with one attached hydrogen (secondary N) is 1. The number of pyridine rings is 1. The molecule has 2 aliphatic rings. The van der Waals surface area contributed by atoms with Crippen LogP contribution in [0.5, 0.6) is 5.75 Å². The monoisotopic (exact) mass is 466 g/mol. The molecular formula is C26H31FN4O3. The minimum absolute atomic E-state index is 0.0187. The van der Waals surface area contributed by atoms with Crippen molar-refractivity contribution in [1.29, 1.82) is 0 Å². The zero-order chi connectivity index (χ0) is 23.7. The Morgan fingerprint density at radius 3 is 2.76 bits per heavy atom. The van der Waals surface area contributed by atoms with Gasteiger partial charge in [0.1, 0.15) is 17.2 Å². The summed E-state index contributed by atoms with van der Waals surface area (Å²) in [5.41, 5.74) is 3.49. The van der Waals surface area contributed by atoms with Crippen LogP contribution in [0.2, 0.25) is 0 Å². The van der Waals surface area contributed by atoms with Crippen molar-refractivity contribution in [2.45, 2.75) is 37.6 Å². The molecule has 0 unspecified atom stereocenters. The van der Waals surface area contributed by atoms with E-state index in [4.69, 9.17) is 4.74 Å². The van der Waals surface area contributed by atoms with Gasteiger partial charge in [0.15, 0.2) is 0 Å². The topological polar surface area (TPSA) is 81.7 Å². The summed E-state index contributed by atoms with van der Waals surface area (Å²) in [7, 11) is 1.59. The molecule has 0 saturated carbocycles. The van der Waals surface area contributed by atoms with Crippen molar-refractivity contribution in [3.63, 3.8) is 0 Å². The number of aliphatic hydroxyl groups excluding tert-OH is 1. The minimum Gasteiger partial charge on any atom is -0.496 e. The number of methoxy groups -OCH3 is 1. The Balaban J connectivity index is 1.30. The van der Waals surface area contributed by atoms with E-state index < -0.39 is 0 Å². The van der Waals surface area contributed by atoms with Crippen LogP contribution >= 0.6 is 0 Å². The van der Waals surface area contributed by atoms with Crippen molar-refractivity contribution in [1.82, 2.24) is 19.8 Å². The maximum absolute atomic E-state index is 14.0. The van der Waals surface area contributed by atoms with Crippen molar-refractivity contribution in [2.75, 3.05) is 39.9 Å². The van der Waals surface area contributed by atoms with E-state index in [9.17, 15) is 14.3 Å². The van der Waals surface area contributed by atoms with Crippen molar-refractivity contribution in [2.24, 2.45) is 0 Å². The number of ether oxygens (including phenoxy) is 1. The zero-order valence-corrected chi connectivity index (χ0v) is 19.5. The van der Waals surface area contributed by atoms with Crippen LogP contribution in [0.15, 0.2) is 36.5 Å². The molecule has 2 aromatic heterocycles. The molecule has 1 aromatic carbocycles. The number of likely N-dealkylation sites (tertiary alicyclic amines) is 2. The van der Waals surface area contributed by atoms with Gasteiger partial charge in [-0.3, -0.25) is 9.69 Å². The van der Waals surface area contributed by atoms with Gasteiger partial charge < -0.3 is 19.7 Å². The number of piperidine rings is 1. The molecule has 4 heterocycles. The predicted molar refractivity (Wildman–Crippen MR) is 128 cm³/mol. The number of aromatic amines is 1. The van der Waals surface area contributed by atoms with Crippen LogP contribution in [-0.4, -0.2) is 76.7 Å². The molecule has 1 atom stereocenters. The Kier molecular flexibility index (Phi) is 6.52. The average molecular weight is 467 g/mol. The molecular weight excluding hydrogens is 435 g/mol. The highest BCUT2D eigenvalue weighted by molar-refractivity contribution is 5.95. The Morgan fingerprint density at radius 2 is 2.00 bits per heavy atom. The first kappa shape index (κ1) is 22.8. The number of H-pyrrole nitrogens is 1. The van der Waals surface area contributed by atoms with Gasteiger partial charge in [-0.15, -0.1) is 0 Å². The minimum atomic E-state index is -0.308. The molecule has 0 aliphatic carbocycles. The zero-order valence-electron chi connectivity index (χ0n) is 19.5. The molecule has 1 amide bonds. The van der Waals surface area contributed by atoms with E-state index in [2.05, 4.69) is 20.9 Å². The van der Waals surface area contributed by atoms with Gasteiger partial charge in [-0.2, -0.15) is 0 Å². The predicted octanol–water partition coefficient (Wildman–Crippen LogP) is 3.54. The highest BCUT2D eigenvalue weighted by Crippen LogP contribution is 2.37. The van der Waals surface area contributed by atoms with E-state index in [0.717, 1.165) is 67.6 Å². The molecule has 2 fully saturated rings. The summed E-state index contributed by atoms with van der Waals surface area (Å²) >= 11 is 0. The largest absolute Gasteiger partial charge is 0.496 e. The first-order valence-corrected chi connectivity index (χ1v) is 12.0. The molecule has 8 heteroatoms. The smallest absolute Gasteiger partial charge is 0.237 e. The van der Waals surface area contributed by atoms with Crippen molar-refractivity contribution in [3.05, 3.63) is 48.0 Å². The molecule has 5 rings (SSSR count). The second-order valence-electron chi connectivity index (χ2n) is 9.31. The number of carbonyl (C=O) groups excluding carboxylic acids is 1. The number of hydrogen-bond acceptors (Lipinski definition) is 5. The van der Waals surface area contributed by atoms with E-state index in [1.165, 1.54) is 12.1 Å². The summed E-state index contributed by atoms with van der Waals surface area (Å²) in [5, 5.41) is 10.5. The molecule has 0 radical (unpaired) electrons. The van der Waals surface area contributed by atoms with Crippen LogP contribution < -0.4 is 4.74 Å². The lowest BCUT2D eigenvalue weighted by molar-refractivity contribution is -0.134. The van der Waals surface area contributed by atoms with Gasteiger partial charge >= 0.3 is 0 Å². The third kappa shape index (κ3) is 4.40. The summed E-state index contributed by atoms with van der Waals surface area (Å²) in [6, 6.07) is 8.54. The van der Waals surface area contributed by atoms with Crippen LogP contribution in [0.25, 0.3) is 22.2 Å². The lowest BCUT2D eigenvalue weighted by atomic mass is 9.93. The van der Waals surface area contributed by atoms with Crippen molar-refractivity contribution < 1.29 is 19.0 Å². The first-order chi connectivity index (χ1) is 16.6. The number of aliphatic hydroxyl groups is 1. The second kappa shape index (κ2) is 9.72. The quantitative estimate of drug-likeness (QED) is 0.581. The number of nitrogens with zero attached hydrogens (tertiary/aromatic N) is 3. The summed E-state index contributed by atoms with van der Waals surface area (Å²) in [4.78, 5) is 24.8. The summed E-state index contributed by atoms with van der Waals surface area (Å²) in [6.45, 7) is 2.91. The fourth-order valence-electron chi connectivity index (χ4n) is 5.43. The molecule has 3 aromatic rings. The normalized spacial score (nSPS) is 19.7. The third-order valence-corrected chi connectivity index (χ3v) is 7.30. The average Bonchev–Trinajstić information content (AvgIpc) is 3.51. The van der Waals surface area contributed by atoms with Gasteiger partial charge in [0.2, 0.25) is 5.91 Å². The van der Waals surface area contributed by atoms with Gasteiger partial charge in [-0.25, -0.2) is 9.37 Å². The first-order valence-electron chi connectivity index (χ1n) is 12.0. The lowest BCUT2D eigenvalue weighted by Crippen LogP contribution is -2.45. The van der Waals surface area contributed by atoms with Crippen LogP contribution in [0.4, 0.5) is 4.39 Å². The number of rotatable bonds is 6. The fraction of sp³-hybridized carbons (Fsp3) is 0.462. The molecule has 180 valence electrons. The number of hydrogen-bond donors (Lipinski definition) is 2. The standard InChI is InChI=1S/C26H31FN4O3/c1-34-24-5-4-18(27)13-21(24)20-6-9-28-26-22(20)14-23(29-26)17-7-11-30(12-8-17)15-25(33)31-10-2-3-19(31)16-32/h4-6,9,13-14,17,19,32H,2-3,7-8,10-12,15-16H2,1H3,(H,28,29)/t19-/m0/s1. The second-order valence-corrected chi connectivity index (χ2v) is 9.31. The molecule has 7 nitrogen and oxygen atoms in total. The number of fused-ring (bicyclic) bond motifs is 1. The maximum Gasteiger partial charge on any atom is 0.237 e. The lowest BCUT2D eigenvalue weighted by Gasteiger charge is -2.33. The fourth-order valence-corrected chi connectivity index (χ4v) is 5.43. The summed E-state index contributed by atoms with van der Waals surface area (Å²) in [6.07, 6.45) is 5.48. The SMILES string of the molecule is COc1ccc(F)cc1-c1ccnc2[nH]c(C3CCN(CC(=O)N4CCC[C@H]4CO)CC3)cc12. The van der Waals surface area contributed by atoms with Crippen LogP contribution in [0.3, 0.4) is 0 Å². The Bertz CT molecular complexity index is 1170. The van der Waals surface area contributed by atoms with Gasteiger partial charge in [0, 0.05) is 35.3 Å². The van der Waals surface area contributed by atoms with Gasteiger partial charge in [0.05, 0.1) is 26.3 Å². The molecule has 2 aliphatic heterocycles. The number of halogens is 1. The van der Waals surface area contributed by atoms with Crippen LogP contribution in [0.1, 0.15) is 37.3 Å². The highest BCUT2D eigenvalue weighted by Gasteiger charge is 2.30. The van der Waals surface area contributed by atoms with E-state index in [0.29, 0.717) is 23.8 Å². The van der Waals surface area contributed by atoms with Crippen LogP contribution in [0, 0.1) is 5.82 Å². The molecule has 0 bridgehead atoms. The number of amides is 1. The number of carbonyl (C=O) groups is 1. The Morgan fingerprint density at radius 1 is 1.18 bits per heavy atom. The Labute approximate surface area is 198 Å². The van der Waals surface area contributed by atoms with Crippen molar-refractivity contribution in [3.8, 4) is 16.9 Å². The number of benzene rings is 1. The van der Waals surface area contributed by atoms with Crippen molar-refractivity contribution >= 4 is 16.9 Å². The van der Waals surface area contributed by atoms with E-state index in [1.54, 1.807) is 19.4 Å². The van der Waals surface area contributed by atoms with E-state index in [1.807, 2.05) is 11.0 Å². The van der Waals surface area contributed by atoms with Gasteiger partial charge in [0.25, 0.3) is 0 Å². The van der Waals surface area contributed by atoms with Gasteiger partial charge in [-0.1, -0.05) is 0 Å². The summed E-state index contributed by atoms with van der Waals surface area (Å²) in [5.74, 6) is 0.784. The number of aromatic nitrogens is 2. The van der Waals surface area contributed by atoms with E-state index in [-0.39, 0.29) is 24.4 Å². The molecule has 0 spiro atoms. The van der Waals surface area contributed by atoms with E-state index >= 15 is 0 Å². The maximum atomic E-state index is 14.0. The molecule has 2 N–H and O–H groups in total.